The molecule has 3 aromatic carbocycles. The van der Waals surface area contributed by atoms with Crippen LogP contribution in [-0.2, 0) is 16.2 Å². The first-order valence-electron chi connectivity index (χ1n) is 16.2. The Labute approximate surface area is 272 Å². The number of hydrogen-bond donors (Lipinski definition) is 3. The lowest BCUT2D eigenvalue weighted by molar-refractivity contribution is 0.441. The zero-order chi connectivity index (χ0) is 34.1. The lowest BCUT2D eigenvalue weighted by Gasteiger charge is -2.48. The molecule has 6 nitrogen and oxygen atoms in total. The monoisotopic (exact) mass is 615 g/mol. The van der Waals surface area contributed by atoms with Crippen molar-refractivity contribution in [2.24, 2.45) is 0 Å². The molecule has 3 N–H and O–H groups in total. The number of phenols is 3. The van der Waals surface area contributed by atoms with E-state index < -0.39 is 0 Å². The van der Waals surface area contributed by atoms with Gasteiger partial charge in [-0.25, -0.2) is 0 Å². The molecular formula is C39H57N3O3. The van der Waals surface area contributed by atoms with Crippen molar-refractivity contribution in [2.45, 2.75) is 120 Å². The zero-order valence-corrected chi connectivity index (χ0v) is 30.5. The van der Waals surface area contributed by atoms with Gasteiger partial charge in [0.05, 0.1) is 20.0 Å². The quantitative estimate of drug-likeness (QED) is 0.273. The van der Waals surface area contributed by atoms with Gasteiger partial charge < -0.3 is 30.0 Å². The number of phenolic OH excluding ortho intramolecular Hbond substituents is 3. The number of hydrogen-bond acceptors (Lipinski definition) is 6. The summed E-state index contributed by atoms with van der Waals surface area (Å²) in [5.74, 6) is 1.02. The molecule has 0 amide bonds. The summed E-state index contributed by atoms with van der Waals surface area (Å²) in [4.78, 5) is 6.96. The third-order valence-corrected chi connectivity index (χ3v) is 9.50. The Morgan fingerprint density at radius 2 is 0.622 bits per heavy atom. The number of anilines is 3. The van der Waals surface area contributed by atoms with Crippen LogP contribution in [0.5, 0.6) is 17.2 Å². The van der Waals surface area contributed by atoms with Gasteiger partial charge in [0, 0.05) is 33.8 Å². The first kappa shape index (κ1) is 34.3. The molecule has 0 atom stereocenters. The fourth-order valence-electron chi connectivity index (χ4n) is 7.24. The van der Waals surface area contributed by atoms with Gasteiger partial charge in [-0.1, -0.05) is 62.3 Å². The highest BCUT2D eigenvalue weighted by atomic mass is 16.3. The molecule has 0 unspecified atom stereocenters. The summed E-state index contributed by atoms with van der Waals surface area (Å²) in [7, 11) is 0. The highest BCUT2D eigenvalue weighted by Gasteiger charge is 2.34. The minimum atomic E-state index is -0.195. The second-order valence-electron chi connectivity index (χ2n) is 16.5. The molecule has 0 spiro atoms. The van der Waals surface area contributed by atoms with E-state index in [0.29, 0.717) is 37.3 Å². The molecule has 3 aromatic rings. The van der Waals surface area contributed by atoms with Gasteiger partial charge >= 0.3 is 0 Å². The van der Waals surface area contributed by atoms with Crippen molar-refractivity contribution in [3.8, 4) is 17.2 Å². The smallest absolute Gasteiger partial charge is 0.124 e. The Bertz CT molecular complexity index is 1430. The van der Waals surface area contributed by atoms with Gasteiger partial charge in [0.1, 0.15) is 17.2 Å². The fourth-order valence-corrected chi connectivity index (χ4v) is 7.24. The van der Waals surface area contributed by atoms with E-state index in [0.717, 1.165) is 67.1 Å². The Kier molecular flexibility index (Phi) is 8.67. The summed E-state index contributed by atoms with van der Waals surface area (Å²) in [5.41, 5.74) is 11.2. The molecule has 6 heteroatoms. The number of aromatic hydroxyl groups is 3. The summed E-state index contributed by atoms with van der Waals surface area (Å²) >= 11 is 0. The van der Waals surface area contributed by atoms with Gasteiger partial charge in [0.2, 0.25) is 0 Å². The second kappa shape index (κ2) is 11.4. The molecule has 0 aliphatic carbocycles. The van der Waals surface area contributed by atoms with Crippen molar-refractivity contribution < 1.29 is 15.3 Å². The zero-order valence-electron chi connectivity index (χ0n) is 30.5. The predicted molar refractivity (Wildman–Crippen MR) is 191 cm³/mol. The van der Waals surface area contributed by atoms with Crippen LogP contribution < -0.4 is 14.7 Å². The maximum Gasteiger partial charge on any atom is 0.124 e. The average molecular weight is 616 g/mol. The van der Waals surface area contributed by atoms with Gasteiger partial charge in [-0.2, -0.15) is 0 Å². The highest BCUT2D eigenvalue weighted by molar-refractivity contribution is 5.74. The Hall–Kier alpha value is -3.54. The molecule has 1 saturated heterocycles. The first-order chi connectivity index (χ1) is 20.5. The van der Waals surface area contributed by atoms with Crippen LogP contribution in [0.25, 0.3) is 0 Å². The Morgan fingerprint density at radius 1 is 0.422 bits per heavy atom. The third-order valence-electron chi connectivity index (χ3n) is 9.50. The van der Waals surface area contributed by atoms with Crippen LogP contribution in [0.2, 0.25) is 0 Å². The molecule has 0 radical (unpaired) electrons. The minimum Gasteiger partial charge on any atom is -0.507 e. The third kappa shape index (κ3) is 6.17. The van der Waals surface area contributed by atoms with Crippen LogP contribution in [0.15, 0.2) is 18.2 Å². The van der Waals surface area contributed by atoms with E-state index in [4.69, 9.17) is 0 Å². The van der Waals surface area contributed by atoms with E-state index >= 15 is 0 Å². The van der Waals surface area contributed by atoms with Crippen molar-refractivity contribution in [1.82, 2.24) is 0 Å². The number of aryl methyl sites for hydroxylation is 3. The lowest BCUT2D eigenvalue weighted by atomic mass is 9.83. The van der Waals surface area contributed by atoms with Gasteiger partial charge in [-0.15, -0.1) is 0 Å². The number of nitrogens with zero attached hydrogens (tertiary/aromatic N) is 3. The summed E-state index contributed by atoms with van der Waals surface area (Å²) in [5, 5.41) is 34.4. The minimum absolute atomic E-state index is 0.195. The van der Waals surface area contributed by atoms with Crippen molar-refractivity contribution in [3.63, 3.8) is 0 Å². The summed E-state index contributed by atoms with van der Waals surface area (Å²) in [6.45, 7) is 33.3. The second-order valence-corrected chi connectivity index (χ2v) is 16.5. The van der Waals surface area contributed by atoms with Crippen LogP contribution >= 0.6 is 0 Å². The number of benzene rings is 3. The molecule has 45 heavy (non-hydrogen) atoms. The molecule has 0 saturated carbocycles. The van der Waals surface area contributed by atoms with Crippen LogP contribution in [0.3, 0.4) is 0 Å². The SMILES string of the molecule is Cc1cc(C(C)(C)C)c(O)c(C)c1N1CN(c2c(C)cc(C(C)(C)C)c(O)c2C)CN(c2c(C)cc(C(C)(C)C)c(O)c2C)C1. The van der Waals surface area contributed by atoms with Crippen molar-refractivity contribution >= 4 is 17.1 Å². The van der Waals surface area contributed by atoms with E-state index in [-0.39, 0.29) is 16.2 Å². The highest BCUT2D eigenvalue weighted by Crippen LogP contribution is 2.46. The topological polar surface area (TPSA) is 70.4 Å². The average Bonchev–Trinajstić information content (AvgIpc) is 2.88. The summed E-state index contributed by atoms with van der Waals surface area (Å²) in [6, 6.07) is 6.38. The molecule has 1 aliphatic rings. The van der Waals surface area contributed by atoms with E-state index in [1.807, 2.05) is 20.8 Å². The molecule has 4 rings (SSSR count). The van der Waals surface area contributed by atoms with E-state index in [1.165, 1.54) is 0 Å². The molecular weight excluding hydrogens is 558 g/mol. The van der Waals surface area contributed by atoms with Crippen LogP contribution in [0.4, 0.5) is 17.1 Å². The molecule has 246 valence electrons. The van der Waals surface area contributed by atoms with Gasteiger partial charge in [-0.05, 0) is 109 Å². The fraction of sp³-hybridized carbons (Fsp3) is 0.538. The Morgan fingerprint density at radius 3 is 0.800 bits per heavy atom. The van der Waals surface area contributed by atoms with E-state index in [9.17, 15) is 15.3 Å². The van der Waals surface area contributed by atoms with Gasteiger partial charge in [-0.3, -0.25) is 0 Å². The maximum atomic E-state index is 11.5. The molecule has 1 fully saturated rings. The van der Waals surface area contributed by atoms with Crippen LogP contribution in [0, 0.1) is 41.5 Å². The van der Waals surface area contributed by atoms with Crippen LogP contribution in [0.1, 0.15) is 112 Å². The largest absolute Gasteiger partial charge is 0.507 e. The molecule has 1 heterocycles. The molecule has 0 bridgehead atoms. The summed E-state index contributed by atoms with van der Waals surface area (Å²) in [6.07, 6.45) is 0. The summed E-state index contributed by atoms with van der Waals surface area (Å²) < 4.78 is 0. The van der Waals surface area contributed by atoms with Crippen molar-refractivity contribution in [3.05, 3.63) is 68.3 Å². The van der Waals surface area contributed by atoms with Crippen LogP contribution in [-0.4, -0.2) is 35.3 Å². The lowest BCUT2D eigenvalue weighted by Crippen LogP contribution is -2.56. The van der Waals surface area contributed by atoms with E-state index in [2.05, 4.69) is 116 Å². The van der Waals surface area contributed by atoms with Crippen molar-refractivity contribution in [2.75, 3.05) is 34.7 Å². The molecule has 0 aromatic heterocycles. The van der Waals surface area contributed by atoms with Gasteiger partial charge in [0.25, 0.3) is 0 Å². The first-order valence-corrected chi connectivity index (χ1v) is 16.2. The van der Waals surface area contributed by atoms with Crippen molar-refractivity contribution in [1.29, 1.82) is 0 Å². The predicted octanol–water partition coefficient (Wildman–Crippen LogP) is 9.25. The maximum absolute atomic E-state index is 11.5. The number of rotatable bonds is 3. The molecule has 1 aliphatic heterocycles. The Balaban J connectivity index is 1.96. The normalized spacial score (nSPS) is 14.9. The van der Waals surface area contributed by atoms with E-state index in [1.54, 1.807) is 0 Å². The standard InChI is InChI=1S/C39H57N3O3/c1-22-16-28(37(7,8)9)34(43)25(4)31(22)40-19-41(32-23(2)17-29(38(10,11)12)35(44)26(32)5)21-42(20-40)33-24(3)18-30(39(13,14)15)36(45)27(33)6/h16-18,43-45H,19-21H2,1-15H3. The van der Waals surface area contributed by atoms with Gasteiger partial charge in [0.15, 0.2) is 0 Å².